The third-order valence-electron chi connectivity index (χ3n) is 3.28. The molecule has 0 radical (unpaired) electrons. The fourth-order valence-corrected chi connectivity index (χ4v) is 2.23. The first-order valence-electron chi connectivity index (χ1n) is 6.77. The molecular weight excluding hydrogens is 272 g/mol. The standard InChI is InChI=1S/C17H17F2NO/c1-12(2)20(10-13-6-4-3-5-7-13)17-15(18)8-14(11-21)9-16(17)19/h3-9,11-12H,10H2,1-2H3. The van der Waals surface area contributed by atoms with Gasteiger partial charge in [-0.15, -0.1) is 0 Å². The lowest BCUT2D eigenvalue weighted by atomic mass is 10.1. The minimum atomic E-state index is -0.721. The van der Waals surface area contributed by atoms with Crippen molar-refractivity contribution in [2.75, 3.05) is 4.90 Å². The average molecular weight is 289 g/mol. The summed E-state index contributed by atoms with van der Waals surface area (Å²) in [5.41, 5.74) is 0.862. The molecule has 0 N–H and O–H groups in total. The second-order valence-corrected chi connectivity index (χ2v) is 5.16. The zero-order valence-electron chi connectivity index (χ0n) is 12.0. The Morgan fingerprint density at radius 3 is 2.14 bits per heavy atom. The van der Waals surface area contributed by atoms with Crippen molar-refractivity contribution in [2.24, 2.45) is 0 Å². The van der Waals surface area contributed by atoms with E-state index in [0.29, 0.717) is 12.8 Å². The van der Waals surface area contributed by atoms with E-state index in [1.165, 1.54) is 0 Å². The molecule has 0 saturated heterocycles. The Labute approximate surface area is 123 Å². The lowest BCUT2D eigenvalue weighted by molar-refractivity contribution is 0.112. The van der Waals surface area contributed by atoms with Crippen LogP contribution in [-0.4, -0.2) is 12.3 Å². The van der Waals surface area contributed by atoms with Gasteiger partial charge in [-0.25, -0.2) is 8.78 Å². The molecule has 0 aromatic heterocycles. The van der Waals surface area contributed by atoms with Gasteiger partial charge in [-0.1, -0.05) is 30.3 Å². The van der Waals surface area contributed by atoms with Gasteiger partial charge in [0.05, 0.1) is 0 Å². The number of nitrogens with zero attached hydrogens (tertiary/aromatic N) is 1. The third-order valence-corrected chi connectivity index (χ3v) is 3.28. The van der Waals surface area contributed by atoms with Gasteiger partial charge in [0.2, 0.25) is 0 Å². The van der Waals surface area contributed by atoms with E-state index in [9.17, 15) is 13.6 Å². The smallest absolute Gasteiger partial charge is 0.150 e. The highest BCUT2D eigenvalue weighted by atomic mass is 19.1. The van der Waals surface area contributed by atoms with Crippen LogP contribution in [0.2, 0.25) is 0 Å². The highest BCUT2D eigenvalue weighted by Gasteiger charge is 2.20. The van der Waals surface area contributed by atoms with E-state index in [1.54, 1.807) is 4.90 Å². The molecule has 0 amide bonds. The molecule has 0 saturated carbocycles. The molecule has 0 unspecified atom stereocenters. The number of rotatable bonds is 5. The molecule has 0 aliphatic heterocycles. The van der Waals surface area contributed by atoms with E-state index in [0.717, 1.165) is 17.7 Å². The van der Waals surface area contributed by atoms with Gasteiger partial charge in [0.15, 0.2) is 0 Å². The number of anilines is 1. The van der Waals surface area contributed by atoms with Crippen LogP contribution < -0.4 is 4.90 Å². The Morgan fingerprint density at radius 2 is 1.67 bits per heavy atom. The Balaban J connectivity index is 2.41. The summed E-state index contributed by atoms with van der Waals surface area (Å²) in [6.07, 6.45) is 0.437. The van der Waals surface area contributed by atoms with Gasteiger partial charge in [0.25, 0.3) is 0 Å². The number of hydrogen-bond acceptors (Lipinski definition) is 2. The maximum atomic E-state index is 14.2. The first-order valence-corrected chi connectivity index (χ1v) is 6.77. The monoisotopic (exact) mass is 289 g/mol. The molecule has 0 bridgehead atoms. The second-order valence-electron chi connectivity index (χ2n) is 5.16. The van der Waals surface area contributed by atoms with E-state index in [1.807, 2.05) is 44.2 Å². The van der Waals surface area contributed by atoms with Gasteiger partial charge < -0.3 is 4.90 Å². The van der Waals surface area contributed by atoms with Crippen LogP contribution in [0.25, 0.3) is 0 Å². The van der Waals surface area contributed by atoms with Crippen molar-refractivity contribution >= 4 is 12.0 Å². The number of halogens is 2. The lowest BCUT2D eigenvalue weighted by Gasteiger charge is -2.30. The quantitative estimate of drug-likeness (QED) is 0.769. The third kappa shape index (κ3) is 3.45. The van der Waals surface area contributed by atoms with E-state index in [-0.39, 0.29) is 17.3 Å². The van der Waals surface area contributed by atoms with E-state index >= 15 is 0 Å². The van der Waals surface area contributed by atoms with Crippen molar-refractivity contribution < 1.29 is 13.6 Å². The van der Waals surface area contributed by atoms with Crippen LogP contribution in [0, 0.1) is 11.6 Å². The van der Waals surface area contributed by atoms with Crippen molar-refractivity contribution in [1.29, 1.82) is 0 Å². The minimum absolute atomic E-state index is 0.00262. The van der Waals surface area contributed by atoms with Crippen LogP contribution in [0.1, 0.15) is 29.8 Å². The van der Waals surface area contributed by atoms with Gasteiger partial charge in [-0.2, -0.15) is 0 Å². The topological polar surface area (TPSA) is 20.3 Å². The molecule has 110 valence electrons. The first-order chi connectivity index (χ1) is 10.0. The predicted molar refractivity (Wildman–Crippen MR) is 79.5 cm³/mol. The average Bonchev–Trinajstić information content (AvgIpc) is 2.46. The Morgan fingerprint density at radius 1 is 1.10 bits per heavy atom. The van der Waals surface area contributed by atoms with Crippen molar-refractivity contribution in [3.8, 4) is 0 Å². The second kappa shape index (κ2) is 6.48. The molecule has 0 aliphatic carbocycles. The fourth-order valence-electron chi connectivity index (χ4n) is 2.23. The summed E-state index contributed by atoms with van der Waals surface area (Å²) in [5.74, 6) is -1.44. The molecule has 21 heavy (non-hydrogen) atoms. The molecule has 2 aromatic carbocycles. The molecule has 0 spiro atoms. The van der Waals surface area contributed by atoms with Gasteiger partial charge in [0.1, 0.15) is 23.6 Å². The van der Waals surface area contributed by atoms with Crippen molar-refractivity contribution in [2.45, 2.75) is 26.4 Å². The van der Waals surface area contributed by atoms with Gasteiger partial charge in [-0.3, -0.25) is 4.79 Å². The highest BCUT2D eigenvalue weighted by Crippen LogP contribution is 2.28. The number of benzene rings is 2. The molecule has 2 nitrogen and oxygen atoms in total. The summed E-state index contributed by atoms with van der Waals surface area (Å²) < 4.78 is 28.3. The van der Waals surface area contributed by atoms with E-state index < -0.39 is 11.6 Å². The normalized spacial score (nSPS) is 10.7. The van der Waals surface area contributed by atoms with Crippen molar-refractivity contribution in [3.05, 3.63) is 65.2 Å². The molecule has 4 heteroatoms. The van der Waals surface area contributed by atoms with Crippen LogP contribution >= 0.6 is 0 Å². The van der Waals surface area contributed by atoms with Crippen molar-refractivity contribution in [3.63, 3.8) is 0 Å². The number of aldehydes is 1. The summed E-state index contributed by atoms with van der Waals surface area (Å²) in [6.45, 7) is 4.14. The SMILES string of the molecule is CC(C)N(Cc1ccccc1)c1c(F)cc(C=O)cc1F. The molecule has 0 aliphatic rings. The number of hydrogen-bond donors (Lipinski definition) is 0. The summed E-state index contributed by atoms with van der Waals surface area (Å²) in [7, 11) is 0. The van der Waals surface area contributed by atoms with Crippen molar-refractivity contribution in [1.82, 2.24) is 0 Å². The molecule has 0 heterocycles. The largest absolute Gasteiger partial charge is 0.360 e. The maximum absolute atomic E-state index is 14.2. The Bertz CT molecular complexity index is 603. The van der Waals surface area contributed by atoms with E-state index in [4.69, 9.17) is 0 Å². The van der Waals surface area contributed by atoms with Crippen LogP contribution in [-0.2, 0) is 6.54 Å². The van der Waals surface area contributed by atoms with Gasteiger partial charge in [0, 0.05) is 18.2 Å². The fraction of sp³-hybridized carbons (Fsp3) is 0.235. The lowest BCUT2D eigenvalue weighted by Crippen LogP contribution is -2.31. The number of carbonyl (C=O) groups is 1. The highest BCUT2D eigenvalue weighted by molar-refractivity contribution is 5.76. The van der Waals surface area contributed by atoms with Crippen LogP contribution in [0.4, 0.5) is 14.5 Å². The van der Waals surface area contributed by atoms with E-state index in [2.05, 4.69) is 0 Å². The summed E-state index contributed by atoms with van der Waals surface area (Å²) >= 11 is 0. The summed E-state index contributed by atoms with van der Waals surface area (Å²) in [6, 6.07) is 11.5. The van der Waals surface area contributed by atoms with Crippen LogP contribution in [0.15, 0.2) is 42.5 Å². The van der Waals surface area contributed by atoms with Crippen LogP contribution in [0.3, 0.4) is 0 Å². The molecule has 2 rings (SSSR count). The Hall–Kier alpha value is -2.23. The van der Waals surface area contributed by atoms with Crippen LogP contribution in [0.5, 0.6) is 0 Å². The van der Waals surface area contributed by atoms with Gasteiger partial charge >= 0.3 is 0 Å². The molecule has 0 fully saturated rings. The first kappa shape index (κ1) is 15.2. The predicted octanol–water partition coefficient (Wildman–Crippen LogP) is 4.19. The summed E-state index contributed by atoms with van der Waals surface area (Å²) in [4.78, 5) is 12.3. The zero-order valence-corrected chi connectivity index (χ0v) is 12.0. The Kier molecular flexibility index (Phi) is 4.68. The van der Waals surface area contributed by atoms with Gasteiger partial charge in [-0.05, 0) is 31.5 Å². The molecule has 0 atom stereocenters. The minimum Gasteiger partial charge on any atom is -0.360 e. The summed E-state index contributed by atoms with van der Waals surface area (Å²) in [5, 5.41) is 0. The number of carbonyl (C=O) groups excluding carboxylic acids is 1. The molecular formula is C17H17F2NO. The maximum Gasteiger partial charge on any atom is 0.150 e. The zero-order chi connectivity index (χ0) is 15.4. The molecule has 2 aromatic rings.